The van der Waals surface area contributed by atoms with E-state index in [0.29, 0.717) is 13.1 Å². The molecule has 5 nitrogen and oxygen atoms in total. The van der Waals surface area contributed by atoms with Crippen LogP contribution in [-0.4, -0.2) is 42.5 Å². The Bertz CT molecular complexity index is 519. The summed E-state index contributed by atoms with van der Waals surface area (Å²) in [5.74, 6) is -0.641. The van der Waals surface area contributed by atoms with Crippen LogP contribution in [0, 0.1) is 5.82 Å². The van der Waals surface area contributed by atoms with E-state index in [4.69, 9.17) is 0 Å². The third-order valence-corrected chi connectivity index (χ3v) is 3.02. The summed E-state index contributed by atoms with van der Waals surface area (Å²) >= 11 is 0. The number of anilines is 1. The first-order valence-electron chi connectivity index (χ1n) is 6.59. The van der Waals surface area contributed by atoms with Gasteiger partial charge < -0.3 is 10.2 Å². The van der Waals surface area contributed by atoms with Crippen molar-refractivity contribution in [2.24, 2.45) is 0 Å². The number of rotatable bonds is 4. The van der Waals surface area contributed by atoms with Gasteiger partial charge in [-0.2, -0.15) is 0 Å². The van der Waals surface area contributed by atoms with Gasteiger partial charge in [-0.15, -0.1) is 0 Å². The van der Waals surface area contributed by atoms with Gasteiger partial charge in [-0.25, -0.2) is 9.18 Å². The first-order chi connectivity index (χ1) is 9.49. The Morgan fingerprint density at radius 2 is 2.05 bits per heavy atom. The number of halogens is 1. The maximum Gasteiger partial charge on any atom is 0.325 e. The number of benzene rings is 1. The van der Waals surface area contributed by atoms with Gasteiger partial charge in [0.1, 0.15) is 12.4 Å². The van der Waals surface area contributed by atoms with Gasteiger partial charge in [0.15, 0.2) is 0 Å². The van der Waals surface area contributed by atoms with Crippen molar-refractivity contribution in [2.45, 2.75) is 19.9 Å². The number of nitrogens with zero attached hydrogens (tertiary/aromatic N) is 2. The lowest BCUT2D eigenvalue weighted by atomic mass is 10.3. The monoisotopic (exact) mass is 279 g/mol. The topological polar surface area (TPSA) is 52.7 Å². The highest BCUT2D eigenvalue weighted by Crippen LogP contribution is 2.23. The fourth-order valence-electron chi connectivity index (χ4n) is 2.16. The molecule has 3 amide bonds. The lowest BCUT2D eigenvalue weighted by molar-refractivity contribution is -0.122. The van der Waals surface area contributed by atoms with Crippen molar-refractivity contribution in [1.82, 2.24) is 10.2 Å². The quantitative estimate of drug-likeness (QED) is 0.910. The van der Waals surface area contributed by atoms with Crippen molar-refractivity contribution in [2.75, 3.05) is 24.5 Å². The molecule has 1 saturated heterocycles. The molecule has 0 radical (unpaired) electrons. The van der Waals surface area contributed by atoms with E-state index in [0.717, 1.165) is 0 Å². The Morgan fingerprint density at radius 3 is 2.70 bits per heavy atom. The minimum Gasteiger partial charge on any atom is -0.352 e. The number of urea groups is 1. The first kappa shape index (κ1) is 14.3. The van der Waals surface area contributed by atoms with Crippen LogP contribution in [0.2, 0.25) is 0 Å². The van der Waals surface area contributed by atoms with E-state index in [1.807, 2.05) is 13.8 Å². The molecule has 108 valence electrons. The zero-order valence-electron chi connectivity index (χ0n) is 11.6. The summed E-state index contributed by atoms with van der Waals surface area (Å²) in [6.07, 6.45) is 0. The van der Waals surface area contributed by atoms with Crippen LogP contribution >= 0.6 is 0 Å². The molecule has 1 heterocycles. The van der Waals surface area contributed by atoms with E-state index in [2.05, 4.69) is 5.32 Å². The number of nitrogens with one attached hydrogen (secondary N) is 1. The Hall–Kier alpha value is -2.11. The second-order valence-corrected chi connectivity index (χ2v) is 5.03. The predicted octanol–water partition coefficient (Wildman–Crippen LogP) is 1.59. The summed E-state index contributed by atoms with van der Waals surface area (Å²) in [4.78, 5) is 26.6. The van der Waals surface area contributed by atoms with Gasteiger partial charge in [0.05, 0.1) is 5.69 Å². The lowest BCUT2D eigenvalue weighted by Gasteiger charge is -2.19. The molecule has 1 aromatic carbocycles. The highest BCUT2D eigenvalue weighted by atomic mass is 19.1. The van der Waals surface area contributed by atoms with Crippen molar-refractivity contribution in [3.8, 4) is 0 Å². The van der Waals surface area contributed by atoms with Gasteiger partial charge in [-0.1, -0.05) is 12.1 Å². The molecule has 1 aromatic rings. The Morgan fingerprint density at radius 1 is 1.35 bits per heavy atom. The van der Waals surface area contributed by atoms with Crippen LogP contribution < -0.4 is 10.2 Å². The number of para-hydroxylation sites is 1. The second-order valence-electron chi connectivity index (χ2n) is 5.03. The minimum atomic E-state index is -0.436. The van der Waals surface area contributed by atoms with E-state index in [9.17, 15) is 14.0 Å². The average molecular weight is 279 g/mol. The minimum absolute atomic E-state index is 0.00195. The van der Waals surface area contributed by atoms with Crippen molar-refractivity contribution in [3.05, 3.63) is 30.1 Å². The van der Waals surface area contributed by atoms with E-state index in [1.165, 1.54) is 15.9 Å². The summed E-state index contributed by atoms with van der Waals surface area (Å²) in [5, 5.41) is 2.73. The summed E-state index contributed by atoms with van der Waals surface area (Å²) in [6, 6.07) is 5.83. The number of carbonyl (C=O) groups is 2. The van der Waals surface area contributed by atoms with Crippen LogP contribution in [0.25, 0.3) is 0 Å². The molecule has 2 rings (SSSR count). The highest BCUT2D eigenvalue weighted by Gasteiger charge is 2.32. The molecule has 6 heteroatoms. The molecule has 1 fully saturated rings. The molecule has 0 bridgehead atoms. The lowest BCUT2D eigenvalue weighted by Crippen LogP contribution is -2.42. The van der Waals surface area contributed by atoms with Gasteiger partial charge in [-0.3, -0.25) is 9.69 Å². The molecule has 0 spiro atoms. The molecule has 1 aliphatic rings. The zero-order valence-corrected chi connectivity index (χ0v) is 11.6. The zero-order chi connectivity index (χ0) is 14.7. The summed E-state index contributed by atoms with van der Waals surface area (Å²) in [6.45, 7) is 4.51. The number of hydrogen-bond acceptors (Lipinski definition) is 2. The summed E-state index contributed by atoms with van der Waals surface area (Å²) < 4.78 is 13.7. The maximum atomic E-state index is 13.7. The maximum absolute atomic E-state index is 13.7. The molecular weight excluding hydrogens is 261 g/mol. The van der Waals surface area contributed by atoms with Crippen molar-refractivity contribution in [3.63, 3.8) is 0 Å². The van der Waals surface area contributed by atoms with Gasteiger partial charge in [0.2, 0.25) is 5.91 Å². The van der Waals surface area contributed by atoms with E-state index in [1.54, 1.807) is 18.2 Å². The summed E-state index contributed by atoms with van der Waals surface area (Å²) in [7, 11) is 0. The van der Waals surface area contributed by atoms with Gasteiger partial charge in [-0.05, 0) is 26.0 Å². The number of hydrogen-bond donors (Lipinski definition) is 1. The highest BCUT2D eigenvalue weighted by molar-refractivity contribution is 5.96. The average Bonchev–Trinajstić information content (AvgIpc) is 2.71. The first-order valence-corrected chi connectivity index (χ1v) is 6.59. The second kappa shape index (κ2) is 5.90. The van der Waals surface area contributed by atoms with Gasteiger partial charge >= 0.3 is 6.03 Å². The van der Waals surface area contributed by atoms with E-state index in [-0.39, 0.29) is 30.2 Å². The molecule has 0 unspecified atom stereocenters. The Kier molecular flexibility index (Phi) is 4.22. The Balaban J connectivity index is 2.03. The van der Waals surface area contributed by atoms with Crippen LogP contribution in [0.1, 0.15) is 13.8 Å². The van der Waals surface area contributed by atoms with Crippen molar-refractivity contribution < 1.29 is 14.0 Å². The van der Waals surface area contributed by atoms with Crippen molar-refractivity contribution >= 4 is 17.6 Å². The fraction of sp³-hybridized carbons (Fsp3) is 0.429. The Labute approximate surface area is 117 Å². The molecule has 1 N–H and O–H groups in total. The molecule has 0 aliphatic carbocycles. The largest absolute Gasteiger partial charge is 0.352 e. The number of carbonyl (C=O) groups excluding carboxylic acids is 2. The molecule has 0 saturated carbocycles. The van der Waals surface area contributed by atoms with E-state index < -0.39 is 5.82 Å². The third-order valence-electron chi connectivity index (χ3n) is 3.02. The molecule has 0 aromatic heterocycles. The van der Waals surface area contributed by atoms with E-state index >= 15 is 0 Å². The number of amides is 3. The van der Waals surface area contributed by atoms with Crippen molar-refractivity contribution in [1.29, 1.82) is 0 Å². The fourth-order valence-corrected chi connectivity index (χ4v) is 2.16. The van der Waals surface area contributed by atoms with Crippen LogP contribution in [0.5, 0.6) is 0 Å². The van der Waals surface area contributed by atoms with Crippen LogP contribution in [0.15, 0.2) is 24.3 Å². The third kappa shape index (κ3) is 3.07. The van der Waals surface area contributed by atoms with Crippen LogP contribution in [-0.2, 0) is 4.79 Å². The van der Waals surface area contributed by atoms with Gasteiger partial charge in [0.25, 0.3) is 0 Å². The molecule has 1 aliphatic heterocycles. The molecule has 0 atom stereocenters. The van der Waals surface area contributed by atoms with Crippen LogP contribution in [0.4, 0.5) is 14.9 Å². The van der Waals surface area contributed by atoms with Gasteiger partial charge in [0, 0.05) is 19.1 Å². The smallest absolute Gasteiger partial charge is 0.325 e. The SMILES string of the molecule is CC(C)NC(=O)CN1CCN(c2ccccc2F)C1=O. The van der Waals surface area contributed by atoms with Crippen LogP contribution in [0.3, 0.4) is 0 Å². The predicted molar refractivity (Wildman–Crippen MR) is 74.0 cm³/mol. The molecule has 20 heavy (non-hydrogen) atoms. The molecular formula is C14H18FN3O2. The summed E-state index contributed by atoms with van der Waals surface area (Å²) in [5.41, 5.74) is 0.254. The normalized spacial score (nSPS) is 15.1. The standard InChI is InChI=1S/C14H18FN3O2/c1-10(2)16-13(19)9-17-7-8-18(14(17)20)12-6-4-3-5-11(12)15/h3-6,10H,7-9H2,1-2H3,(H,16,19).